The molecule has 0 bridgehead atoms. The molecule has 6 nitrogen and oxygen atoms in total. The lowest BCUT2D eigenvalue weighted by atomic mass is 10.2. The van der Waals surface area contributed by atoms with Gasteiger partial charge in [0.2, 0.25) is 10.0 Å². The van der Waals surface area contributed by atoms with Gasteiger partial charge in [0, 0.05) is 26.9 Å². The summed E-state index contributed by atoms with van der Waals surface area (Å²) >= 11 is 0. The third kappa shape index (κ3) is 4.34. The zero-order valence-corrected chi connectivity index (χ0v) is 10.2. The van der Waals surface area contributed by atoms with Crippen LogP contribution >= 0.6 is 0 Å². The largest absolute Gasteiger partial charge is 0.389 e. The predicted octanol–water partition coefficient (Wildman–Crippen LogP) is -0.908. The van der Waals surface area contributed by atoms with Gasteiger partial charge in [0.25, 0.3) is 0 Å². The molecular formula is C9H19NO5S. The van der Waals surface area contributed by atoms with Gasteiger partial charge in [0.15, 0.2) is 0 Å². The zero-order chi connectivity index (χ0) is 12.0. The van der Waals surface area contributed by atoms with Crippen molar-refractivity contribution in [3.05, 3.63) is 0 Å². The van der Waals surface area contributed by atoms with Crippen LogP contribution in [0.5, 0.6) is 0 Å². The fourth-order valence-corrected chi connectivity index (χ4v) is 3.04. The highest BCUT2D eigenvalue weighted by molar-refractivity contribution is 7.90. The van der Waals surface area contributed by atoms with Gasteiger partial charge < -0.3 is 14.6 Å². The standard InChI is InChI=1S/C9H19NO5S/c1-14-7-8(11)6-10-16(12,13)9-2-4-15-5-3-9/h8-11H,2-7H2,1H3. The smallest absolute Gasteiger partial charge is 0.214 e. The number of aliphatic hydroxyl groups is 1. The van der Waals surface area contributed by atoms with Gasteiger partial charge in [-0.05, 0) is 12.8 Å². The molecule has 1 saturated heterocycles. The molecule has 0 aromatic heterocycles. The molecule has 1 unspecified atom stereocenters. The van der Waals surface area contributed by atoms with Crippen molar-refractivity contribution >= 4 is 10.0 Å². The van der Waals surface area contributed by atoms with Crippen LogP contribution < -0.4 is 4.72 Å². The van der Waals surface area contributed by atoms with E-state index in [1.165, 1.54) is 7.11 Å². The van der Waals surface area contributed by atoms with Crippen LogP contribution in [-0.2, 0) is 19.5 Å². The van der Waals surface area contributed by atoms with Crippen molar-refractivity contribution < 1.29 is 23.0 Å². The second kappa shape index (κ2) is 6.51. The third-order valence-electron chi connectivity index (χ3n) is 2.49. The van der Waals surface area contributed by atoms with E-state index in [1.54, 1.807) is 0 Å². The lowest BCUT2D eigenvalue weighted by Gasteiger charge is -2.23. The zero-order valence-electron chi connectivity index (χ0n) is 9.39. The molecule has 1 rings (SSSR count). The Kier molecular flexibility index (Phi) is 5.63. The van der Waals surface area contributed by atoms with Gasteiger partial charge in [-0.25, -0.2) is 13.1 Å². The lowest BCUT2D eigenvalue weighted by molar-refractivity contribution is 0.0676. The van der Waals surface area contributed by atoms with Crippen LogP contribution in [0.3, 0.4) is 0 Å². The van der Waals surface area contributed by atoms with Crippen LogP contribution in [-0.4, -0.2) is 58.4 Å². The highest BCUT2D eigenvalue weighted by atomic mass is 32.2. The van der Waals surface area contributed by atoms with Gasteiger partial charge in [0.05, 0.1) is 18.0 Å². The molecule has 1 aliphatic heterocycles. The van der Waals surface area contributed by atoms with E-state index in [0.717, 1.165) is 0 Å². The molecule has 0 amide bonds. The summed E-state index contributed by atoms with van der Waals surface area (Å²) in [6, 6.07) is 0. The summed E-state index contributed by atoms with van der Waals surface area (Å²) in [7, 11) is -1.89. The van der Waals surface area contributed by atoms with E-state index in [4.69, 9.17) is 9.47 Å². The van der Waals surface area contributed by atoms with Crippen LogP contribution in [0.2, 0.25) is 0 Å². The molecule has 16 heavy (non-hydrogen) atoms. The molecule has 1 fully saturated rings. The maximum Gasteiger partial charge on any atom is 0.214 e. The van der Waals surface area contributed by atoms with E-state index < -0.39 is 21.4 Å². The number of rotatable bonds is 6. The summed E-state index contributed by atoms with van der Waals surface area (Å²) in [5.41, 5.74) is 0. The first-order valence-electron chi connectivity index (χ1n) is 5.29. The molecule has 1 heterocycles. The van der Waals surface area contributed by atoms with E-state index in [-0.39, 0.29) is 13.2 Å². The molecule has 0 aliphatic carbocycles. The Morgan fingerprint density at radius 3 is 2.69 bits per heavy atom. The van der Waals surface area contributed by atoms with Crippen molar-refractivity contribution in [1.82, 2.24) is 4.72 Å². The number of hydrogen-bond acceptors (Lipinski definition) is 5. The van der Waals surface area contributed by atoms with Crippen molar-refractivity contribution in [3.8, 4) is 0 Å². The number of hydrogen-bond donors (Lipinski definition) is 2. The lowest BCUT2D eigenvalue weighted by Crippen LogP contribution is -2.42. The number of methoxy groups -OCH3 is 1. The molecule has 7 heteroatoms. The number of sulfonamides is 1. The van der Waals surface area contributed by atoms with E-state index in [2.05, 4.69) is 4.72 Å². The predicted molar refractivity (Wildman–Crippen MR) is 58.6 cm³/mol. The SMILES string of the molecule is COCC(O)CNS(=O)(=O)C1CCOCC1. The van der Waals surface area contributed by atoms with Crippen LogP contribution in [0.1, 0.15) is 12.8 Å². The molecule has 0 saturated carbocycles. The molecule has 2 N–H and O–H groups in total. The fourth-order valence-electron chi connectivity index (χ4n) is 1.57. The van der Waals surface area contributed by atoms with Crippen molar-refractivity contribution in [2.75, 3.05) is 33.5 Å². The Morgan fingerprint density at radius 2 is 2.12 bits per heavy atom. The summed E-state index contributed by atoms with van der Waals surface area (Å²) in [6.45, 7) is 1.07. The highest BCUT2D eigenvalue weighted by Gasteiger charge is 2.27. The molecule has 0 aromatic rings. The summed E-state index contributed by atoms with van der Waals surface area (Å²) in [5, 5.41) is 8.93. The molecule has 0 radical (unpaired) electrons. The molecule has 0 aromatic carbocycles. The average molecular weight is 253 g/mol. The number of aliphatic hydroxyl groups excluding tert-OH is 1. The number of ether oxygens (including phenoxy) is 2. The van der Waals surface area contributed by atoms with Gasteiger partial charge >= 0.3 is 0 Å². The topological polar surface area (TPSA) is 84.9 Å². The second-order valence-corrected chi connectivity index (χ2v) is 5.86. The highest BCUT2D eigenvalue weighted by Crippen LogP contribution is 2.14. The minimum absolute atomic E-state index is 0.00642. The minimum Gasteiger partial charge on any atom is -0.389 e. The Morgan fingerprint density at radius 1 is 1.50 bits per heavy atom. The first-order valence-corrected chi connectivity index (χ1v) is 6.84. The van der Waals surface area contributed by atoms with Crippen LogP contribution in [0.15, 0.2) is 0 Å². The molecular weight excluding hydrogens is 234 g/mol. The Labute approximate surface area is 96.0 Å². The summed E-state index contributed by atoms with van der Waals surface area (Å²) in [5.74, 6) is 0. The van der Waals surface area contributed by atoms with E-state index >= 15 is 0 Å². The second-order valence-electron chi connectivity index (χ2n) is 3.81. The minimum atomic E-state index is -3.34. The maximum atomic E-state index is 11.8. The van der Waals surface area contributed by atoms with E-state index in [0.29, 0.717) is 26.1 Å². The van der Waals surface area contributed by atoms with Gasteiger partial charge in [-0.2, -0.15) is 0 Å². The maximum absolute atomic E-state index is 11.8. The summed E-state index contributed by atoms with van der Waals surface area (Å²) in [4.78, 5) is 0. The normalized spacial score (nSPS) is 20.9. The fraction of sp³-hybridized carbons (Fsp3) is 1.00. The molecule has 1 aliphatic rings. The van der Waals surface area contributed by atoms with Gasteiger partial charge in [-0.15, -0.1) is 0 Å². The molecule has 96 valence electrons. The van der Waals surface area contributed by atoms with Gasteiger partial charge in [-0.1, -0.05) is 0 Å². The van der Waals surface area contributed by atoms with Crippen molar-refractivity contribution in [1.29, 1.82) is 0 Å². The molecule has 1 atom stereocenters. The van der Waals surface area contributed by atoms with Crippen LogP contribution in [0.25, 0.3) is 0 Å². The monoisotopic (exact) mass is 253 g/mol. The van der Waals surface area contributed by atoms with Crippen LogP contribution in [0, 0.1) is 0 Å². The quantitative estimate of drug-likeness (QED) is 0.640. The van der Waals surface area contributed by atoms with Gasteiger partial charge in [0.1, 0.15) is 0 Å². The van der Waals surface area contributed by atoms with Crippen LogP contribution in [0.4, 0.5) is 0 Å². The Balaban J connectivity index is 2.38. The molecule has 0 spiro atoms. The first kappa shape index (κ1) is 13.9. The Bertz CT molecular complexity index is 286. The summed E-state index contributed by atoms with van der Waals surface area (Å²) < 4.78 is 35.8. The van der Waals surface area contributed by atoms with Crippen molar-refractivity contribution in [3.63, 3.8) is 0 Å². The average Bonchev–Trinajstić information content (AvgIpc) is 2.28. The number of nitrogens with one attached hydrogen (secondary N) is 1. The van der Waals surface area contributed by atoms with Gasteiger partial charge in [-0.3, -0.25) is 0 Å². The van der Waals surface area contributed by atoms with E-state index in [1.807, 2.05) is 0 Å². The third-order valence-corrected chi connectivity index (χ3v) is 4.40. The van der Waals surface area contributed by atoms with Crippen molar-refractivity contribution in [2.45, 2.75) is 24.2 Å². The summed E-state index contributed by atoms with van der Waals surface area (Å²) in [6.07, 6.45) is 0.213. The van der Waals surface area contributed by atoms with E-state index in [9.17, 15) is 13.5 Å². The van der Waals surface area contributed by atoms with Crippen molar-refractivity contribution in [2.24, 2.45) is 0 Å². The first-order chi connectivity index (χ1) is 7.56. The Hall–Kier alpha value is -0.210.